The summed E-state index contributed by atoms with van der Waals surface area (Å²) < 4.78 is 5.50. The fraction of sp³-hybridized carbons (Fsp3) is 0.423. The van der Waals surface area contributed by atoms with E-state index in [1.54, 1.807) is 4.90 Å². The Bertz CT molecular complexity index is 1020. The topological polar surface area (TPSA) is 116 Å². The number of hydrogen-bond donors (Lipinski definition) is 3. The molecule has 0 radical (unpaired) electrons. The summed E-state index contributed by atoms with van der Waals surface area (Å²) in [4.78, 5) is 37.2. The van der Waals surface area contributed by atoms with Crippen molar-refractivity contribution >= 4 is 18.0 Å². The molecule has 1 fully saturated rings. The van der Waals surface area contributed by atoms with Crippen molar-refractivity contribution in [1.29, 1.82) is 0 Å². The number of rotatable bonds is 8. The summed E-state index contributed by atoms with van der Waals surface area (Å²) >= 11 is 0. The minimum absolute atomic E-state index is 0.0131. The number of piperidine rings is 1. The molecule has 1 aliphatic heterocycles. The minimum Gasteiger partial charge on any atom is -0.479 e. The van der Waals surface area contributed by atoms with Crippen molar-refractivity contribution in [2.45, 2.75) is 43.6 Å². The fourth-order valence-corrected chi connectivity index (χ4v) is 4.74. The maximum Gasteiger partial charge on any atom is 0.407 e. The minimum atomic E-state index is -1.73. The van der Waals surface area contributed by atoms with E-state index < -0.39 is 17.7 Å². The standard InChI is InChI=1S/C26H30N2O6/c29-23(28-15-12-26(33,13-16-28)24(30)31)11-5-6-14-27-25(32)34-17-22-20-9-3-1-7-18(20)19-8-2-4-10-21(19)22/h1-4,7-10,22,33H,5-6,11-17H2,(H,27,32)(H,30,31). The van der Waals surface area contributed by atoms with E-state index in [0.29, 0.717) is 25.8 Å². The number of amides is 2. The normalized spacial score (nSPS) is 16.4. The number of nitrogens with one attached hydrogen (secondary N) is 1. The van der Waals surface area contributed by atoms with E-state index in [4.69, 9.17) is 9.84 Å². The van der Waals surface area contributed by atoms with Gasteiger partial charge in [0.1, 0.15) is 6.61 Å². The molecular weight excluding hydrogens is 436 g/mol. The van der Waals surface area contributed by atoms with Crippen LogP contribution in [-0.2, 0) is 14.3 Å². The molecule has 0 spiro atoms. The second-order valence-electron chi connectivity index (χ2n) is 8.93. The maximum atomic E-state index is 12.3. The van der Waals surface area contributed by atoms with Gasteiger partial charge in [-0.15, -0.1) is 0 Å². The molecule has 2 aliphatic rings. The molecule has 0 atom stereocenters. The molecule has 1 heterocycles. The molecule has 2 amide bonds. The van der Waals surface area contributed by atoms with Gasteiger partial charge in [0, 0.05) is 44.8 Å². The highest BCUT2D eigenvalue weighted by atomic mass is 16.5. The Morgan fingerprint density at radius 1 is 0.971 bits per heavy atom. The van der Waals surface area contributed by atoms with Gasteiger partial charge in [0.25, 0.3) is 0 Å². The van der Waals surface area contributed by atoms with Crippen molar-refractivity contribution in [3.05, 3.63) is 59.7 Å². The molecule has 0 bridgehead atoms. The molecule has 8 heteroatoms. The molecular formula is C26H30N2O6. The Kier molecular flexibility index (Phi) is 7.17. The van der Waals surface area contributed by atoms with Crippen molar-refractivity contribution in [3.63, 3.8) is 0 Å². The largest absolute Gasteiger partial charge is 0.479 e. The number of nitrogens with zero attached hydrogens (tertiary/aromatic N) is 1. The quantitative estimate of drug-likeness (QED) is 0.515. The third kappa shape index (κ3) is 5.07. The molecule has 1 saturated heterocycles. The number of fused-ring (bicyclic) bond motifs is 3. The van der Waals surface area contributed by atoms with Gasteiger partial charge >= 0.3 is 12.1 Å². The highest BCUT2D eigenvalue weighted by Crippen LogP contribution is 2.44. The van der Waals surface area contributed by atoms with Gasteiger partial charge in [-0.3, -0.25) is 4.79 Å². The van der Waals surface area contributed by atoms with Crippen LogP contribution in [0.1, 0.15) is 49.1 Å². The third-order valence-electron chi connectivity index (χ3n) is 6.77. The van der Waals surface area contributed by atoms with E-state index in [2.05, 4.69) is 29.6 Å². The Balaban J connectivity index is 1.15. The van der Waals surface area contributed by atoms with Gasteiger partial charge in [-0.05, 0) is 35.1 Å². The molecule has 0 saturated carbocycles. The van der Waals surface area contributed by atoms with E-state index in [9.17, 15) is 19.5 Å². The number of carboxylic acids is 1. The van der Waals surface area contributed by atoms with Crippen LogP contribution in [0.25, 0.3) is 11.1 Å². The van der Waals surface area contributed by atoms with E-state index in [-0.39, 0.29) is 44.4 Å². The lowest BCUT2D eigenvalue weighted by atomic mass is 9.91. The third-order valence-corrected chi connectivity index (χ3v) is 6.77. The van der Waals surface area contributed by atoms with Gasteiger partial charge in [0.2, 0.25) is 5.91 Å². The van der Waals surface area contributed by atoms with Gasteiger partial charge < -0.3 is 25.2 Å². The van der Waals surface area contributed by atoms with E-state index >= 15 is 0 Å². The van der Waals surface area contributed by atoms with Crippen LogP contribution in [-0.4, -0.2) is 64.9 Å². The molecule has 34 heavy (non-hydrogen) atoms. The van der Waals surface area contributed by atoms with Gasteiger partial charge in [-0.1, -0.05) is 48.5 Å². The van der Waals surface area contributed by atoms with Crippen molar-refractivity contribution in [3.8, 4) is 11.1 Å². The van der Waals surface area contributed by atoms with E-state index in [0.717, 1.165) is 11.1 Å². The molecule has 3 N–H and O–H groups in total. The van der Waals surface area contributed by atoms with E-state index in [1.165, 1.54) is 11.1 Å². The zero-order valence-corrected chi connectivity index (χ0v) is 19.0. The first-order chi connectivity index (χ1) is 16.4. The lowest BCUT2D eigenvalue weighted by Gasteiger charge is -2.35. The average molecular weight is 467 g/mol. The number of aliphatic carboxylic acids is 1. The summed E-state index contributed by atoms with van der Waals surface area (Å²) in [5.74, 6) is -1.29. The summed E-state index contributed by atoms with van der Waals surface area (Å²) in [5, 5.41) is 21.8. The number of carbonyl (C=O) groups is 3. The number of carboxylic acid groups (broad SMARTS) is 1. The lowest BCUT2D eigenvalue weighted by Crippen LogP contribution is -2.50. The number of ether oxygens (including phenoxy) is 1. The molecule has 180 valence electrons. The highest BCUT2D eigenvalue weighted by Gasteiger charge is 2.40. The molecule has 0 unspecified atom stereocenters. The molecule has 4 rings (SSSR count). The number of alkyl carbamates (subject to hydrolysis) is 1. The van der Waals surface area contributed by atoms with Crippen LogP contribution in [0.2, 0.25) is 0 Å². The summed E-state index contributed by atoms with van der Waals surface area (Å²) in [6.07, 6.45) is 1.15. The number of benzene rings is 2. The van der Waals surface area contributed by atoms with Crippen molar-refractivity contribution in [2.75, 3.05) is 26.2 Å². The zero-order chi connectivity index (χ0) is 24.1. The molecule has 1 aliphatic carbocycles. The summed E-state index contributed by atoms with van der Waals surface area (Å²) in [6, 6.07) is 16.3. The molecule has 0 aromatic heterocycles. The average Bonchev–Trinajstić information content (AvgIpc) is 3.16. The van der Waals surface area contributed by atoms with Crippen LogP contribution in [0.4, 0.5) is 4.79 Å². The van der Waals surface area contributed by atoms with Crippen LogP contribution in [0, 0.1) is 0 Å². The first-order valence-electron chi connectivity index (χ1n) is 11.7. The predicted molar refractivity (Wildman–Crippen MR) is 125 cm³/mol. The number of carbonyl (C=O) groups excluding carboxylic acids is 2. The number of likely N-dealkylation sites (tertiary alicyclic amines) is 1. The summed E-state index contributed by atoms with van der Waals surface area (Å²) in [7, 11) is 0. The maximum absolute atomic E-state index is 12.3. The van der Waals surface area contributed by atoms with Gasteiger partial charge in [0.05, 0.1) is 0 Å². The Morgan fingerprint density at radius 2 is 1.56 bits per heavy atom. The smallest absolute Gasteiger partial charge is 0.407 e. The second-order valence-corrected chi connectivity index (χ2v) is 8.93. The molecule has 2 aromatic rings. The van der Waals surface area contributed by atoms with Crippen LogP contribution in [0.15, 0.2) is 48.5 Å². The Labute approximate surface area is 198 Å². The van der Waals surface area contributed by atoms with Crippen molar-refractivity contribution in [2.24, 2.45) is 0 Å². The van der Waals surface area contributed by atoms with Crippen LogP contribution in [0.3, 0.4) is 0 Å². The first kappa shape index (κ1) is 23.8. The van der Waals surface area contributed by atoms with Crippen molar-refractivity contribution in [1.82, 2.24) is 10.2 Å². The molecule has 8 nitrogen and oxygen atoms in total. The summed E-state index contributed by atoms with van der Waals surface area (Å²) in [6.45, 7) is 1.14. The number of hydrogen-bond acceptors (Lipinski definition) is 5. The van der Waals surface area contributed by atoms with Crippen LogP contribution < -0.4 is 5.32 Å². The van der Waals surface area contributed by atoms with Gasteiger partial charge in [-0.2, -0.15) is 0 Å². The Morgan fingerprint density at radius 3 is 2.15 bits per heavy atom. The second kappa shape index (κ2) is 10.3. The first-order valence-corrected chi connectivity index (χ1v) is 11.7. The number of aliphatic hydroxyl groups is 1. The predicted octanol–water partition coefficient (Wildman–Crippen LogP) is 3.13. The van der Waals surface area contributed by atoms with E-state index in [1.807, 2.05) is 24.3 Å². The number of unbranched alkanes of at least 4 members (excludes halogenated alkanes) is 1. The highest BCUT2D eigenvalue weighted by molar-refractivity contribution is 5.80. The SMILES string of the molecule is O=C(NCCCCC(=O)N1CCC(O)(C(=O)O)CC1)OCC1c2ccccc2-c2ccccc21. The van der Waals surface area contributed by atoms with Gasteiger partial charge in [0.15, 0.2) is 5.60 Å². The van der Waals surface area contributed by atoms with Crippen molar-refractivity contribution < 1.29 is 29.3 Å². The summed E-state index contributed by atoms with van der Waals surface area (Å²) in [5.41, 5.74) is 2.95. The van der Waals surface area contributed by atoms with Crippen LogP contribution >= 0.6 is 0 Å². The molecule has 2 aromatic carbocycles. The monoisotopic (exact) mass is 466 g/mol. The lowest BCUT2D eigenvalue weighted by molar-refractivity contribution is -0.165. The van der Waals surface area contributed by atoms with Crippen LogP contribution in [0.5, 0.6) is 0 Å². The Hall–Kier alpha value is -3.39. The zero-order valence-electron chi connectivity index (χ0n) is 19.0. The fourth-order valence-electron chi connectivity index (χ4n) is 4.74. The van der Waals surface area contributed by atoms with Gasteiger partial charge in [-0.25, -0.2) is 9.59 Å².